The second-order valence-electron chi connectivity index (χ2n) is 6.05. The summed E-state index contributed by atoms with van der Waals surface area (Å²) in [7, 11) is 0. The van der Waals surface area contributed by atoms with Crippen LogP contribution in [0.25, 0.3) is 10.9 Å². The summed E-state index contributed by atoms with van der Waals surface area (Å²) in [6.45, 7) is 5.72. The topological polar surface area (TPSA) is 24.9 Å². The van der Waals surface area contributed by atoms with Gasteiger partial charge < -0.3 is 5.32 Å². The Bertz CT molecular complexity index is 569. The largest absolute Gasteiger partial charge is 0.310 e. The van der Waals surface area contributed by atoms with Crippen molar-refractivity contribution < 1.29 is 0 Å². The second kappa shape index (κ2) is 5.92. The van der Waals surface area contributed by atoms with Crippen LogP contribution in [0.5, 0.6) is 0 Å². The molecule has 0 saturated heterocycles. The Labute approximate surface area is 121 Å². The summed E-state index contributed by atoms with van der Waals surface area (Å²) < 4.78 is 0. The Morgan fingerprint density at radius 2 is 2.10 bits per heavy atom. The summed E-state index contributed by atoms with van der Waals surface area (Å²) >= 11 is 0. The van der Waals surface area contributed by atoms with Crippen molar-refractivity contribution in [3.8, 4) is 0 Å². The molecule has 3 rings (SSSR count). The Kier molecular flexibility index (Phi) is 4.02. The first kappa shape index (κ1) is 13.6. The fourth-order valence-electron chi connectivity index (χ4n) is 3.17. The Morgan fingerprint density at radius 1 is 1.25 bits per heavy atom. The molecule has 2 unspecified atom stereocenters. The molecule has 1 N–H and O–H groups in total. The van der Waals surface area contributed by atoms with Crippen LogP contribution in [0.4, 0.5) is 0 Å². The van der Waals surface area contributed by atoms with Crippen LogP contribution >= 0.6 is 0 Å². The van der Waals surface area contributed by atoms with E-state index in [-0.39, 0.29) is 0 Å². The third-order valence-electron chi connectivity index (χ3n) is 4.52. The zero-order valence-electron chi connectivity index (χ0n) is 12.5. The molecule has 0 amide bonds. The molecule has 2 aromatic rings. The lowest BCUT2D eigenvalue weighted by Crippen LogP contribution is -2.29. The standard InChI is InChI=1S/C18H24N2/c1-3-11-20-18(13(2)14-9-10-14)16-6-4-8-17-15(16)7-5-12-19-17/h4-8,12-14,18,20H,3,9-11H2,1-2H3. The van der Waals surface area contributed by atoms with Crippen molar-refractivity contribution in [1.82, 2.24) is 10.3 Å². The molecular weight excluding hydrogens is 244 g/mol. The van der Waals surface area contributed by atoms with Gasteiger partial charge in [0.15, 0.2) is 0 Å². The highest BCUT2D eigenvalue weighted by atomic mass is 14.9. The Morgan fingerprint density at radius 3 is 2.85 bits per heavy atom. The molecule has 106 valence electrons. The van der Waals surface area contributed by atoms with E-state index in [0.717, 1.165) is 18.0 Å². The maximum absolute atomic E-state index is 4.50. The van der Waals surface area contributed by atoms with Gasteiger partial charge in [-0.05, 0) is 55.3 Å². The first-order chi connectivity index (χ1) is 9.81. The van der Waals surface area contributed by atoms with Crippen LogP contribution in [0.15, 0.2) is 36.5 Å². The van der Waals surface area contributed by atoms with Gasteiger partial charge in [-0.25, -0.2) is 0 Å². The molecule has 1 saturated carbocycles. The van der Waals surface area contributed by atoms with Gasteiger partial charge in [0.1, 0.15) is 0 Å². The zero-order chi connectivity index (χ0) is 13.9. The van der Waals surface area contributed by atoms with Crippen molar-refractivity contribution in [2.75, 3.05) is 6.54 Å². The summed E-state index contributed by atoms with van der Waals surface area (Å²) in [4.78, 5) is 4.50. The van der Waals surface area contributed by atoms with Crippen LogP contribution in [0.3, 0.4) is 0 Å². The molecule has 1 aromatic heterocycles. The molecule has 0 radical (unpaired) electrons. The van der Waals surface area contributed by atoms with E-state index in [0.29, 0.717) is 12.0 Å². The van der Waals surface area contributed by atoms with Crippen LogP contribution in [0, 0.1) is 11.8 Å². The minimum atomic E-state index is 0.454. The normalized spacial score (nSPS) is 18.1. The molecule has 2 nitrogen and oxygen atoms in total. The molecule has 1 aliphatic carbocycles. The highest BCUT2D eigenvalue weighted by Crippen LogP contribution is 2.43. The van der Waals surface area contributed by atoms with Gasteiger partial charge in [-0.2, -0.15) is 0 Å². The lowest BCUT2D eigenvalue weighted by molar-refractivity contribution is 0.351. The van der Waals surface area contributed by atoms with Crippen molar-refractivity contribution in [2.45, 2.75) is 39.2 Å². The number of nitrogens with one attached hydrogen (secondary N) is 1. The van der Waals surface area contributed by atoms with E-state index in [1.54, 1.807) is 0 Å². The summed E-state index contributed by atoms with van der Waals surface area (Å²) in [5.74, 6) is 1.60. The van der Waals surface area contributed by atoms with E-state index in [2.05, 4.69) is 48.4 Å². The van der Waals surface area contributed by atoms with E-state index < -0.39 is 0 Å². The minimum Gasteiger partial charge on any atom is -0.310 e. The molecule has 2 atom stereocenters. The zero-order valence-corrected chi connectivity index (χ0v) is 12.5. The number of rotatable bonds is 6. The van der Waals surface area contributed by atoms with Crippen LogP contribution in [0.2, 0.25) is 0 Å². The predicted molar refractivity (Wildman–Crippen MR) is 84.7 cm³/mol. The van der Waals surface area contributed by atoms with E-state index in [1.165, 1.54) is 30.2 Å². The van der Waals surface area contributed by atoms with Crippen LogP contribution in [0.1, 0.15) is 44.7 Å². The molecule has 0 bridgehead atoms. The molecule has 20 heavy (non-hydrogen) atoms. The second-order valence-corrected chi connectivity index (χ2v) is 6.05. The SMILES string of the molecule is CCCNC(c1cccc2ncccc12)C(C)C1CC1. The lowest BCUT2D eigenvalue weighted by atomic mass is 9.88. The molecule has 0 spiro atoms. The highest BCUT2D eigenvalue weighted by molar-refractivity contribution is 5.82. The van der Waals surface area contributed by atoms with E-state index in [1.807, 2.05) is 12.3 Å². The van der Waals surface area contributed by atoms with Gasteiger partial charge in [0.25, 0.3) is 0 Å². The number of fused-ring (bicyclic) bond motifs is 1. The predicted octanol–water partition coefficient (Wildman–Crippen LogP) is 4.32. The monoisotopic (exact) mass is 268 g/mol. The number of hydrogen-bond donors (Lipinski definition) is 1. The molecular formula is C18H24N2. The maximum atomic E-state index is 4.50. The van der Waals surface area contributed by atoms with Crippen molar-refractivity contribution in [3.63, 3.8) is 0 Å². The van der Waals surface area contributed by atoms with Gasteiger partial charge in [-0.15, -0.1) is 0 Å². The van der Waals surface area contributed by atoms with Crippen LogP contribution in [-0.2, 0) is 0 Å². The third kappa shape index (κ3) is 2.71. The maximum Gasteiger partial charge on any atom is 0.0705 e. The van der Waals surface area contributed by atoms with E-state index in [4.69, 9.17) is 0 Å². The van der Waals surface area contributed by atoms with Gasteiger partial charge in [-0.3, -0.25) is 4.98 Å². The summed E-state index contributed by atoms with van der Waals surface area (Å²) in [6, 6.07) is 11.2. The Balaban J connectivity index is 1.98. The fraction of sp³-hybridized carbons (Fsp3) is 0.500. The number of aromatic nitrogens is 1. The van der Waals surface area contributed by atoms with Crippen molar-refractivity contribution in [3.05, 3.63) is 42.1 Å². The van der Waals surface area contributed by atoms with Gasteiger partial charge in [0.05, 0.1) is 5.52 Å². The first-order valence-electron chi connectivity index (χ1n) is 7.88. The molecule has 0 aliphatic heterocycles. The number of hydrogen-bond acceptors (Lipinski definition) is 2. The molecule has 1 aliphatic rings. The van der Waals surface area contributed by atoms with Crippen molar-refractivity contribution in [1.29, 1.82) is 0 Å². The smallest absolute Gasteiger partial charge is 0.0705 e. The van der Waals surface area contributed by atoms with Gasteiger partial charge in [-0.1, -0.05) is 32.0 Å². The number of nitrogens with zero attached hydrogens (tertiary/aromatic N) is 1. The molecule has 2 heteroatoms. The van der Waals surface area contributed by atoms with Crippen molar-refractivity contribution in [2.24, 2.45) is 11.8 Å². The minimum absolute atomic E-state index is 0.454. The molecule has 1 aromatic carbocycles. The summed E-state index contributed by atoms with van der Waals surface area (Å²) in [5.41, 5.74) is 2.53. The van der Waals surface area contributed by atoms with E-state index in [9.17, 15) is 0 Å². The molecule has 1 heterocycles. The average Bonchev–Trinajstić information content (AvgIpc) is 3.32. The van der Waals surface area contributed by atoms with Gasteiger partial charge in [0.2, 0.25) is 0 Å². The summed E-state index contributed by atoms with van der Waals surface area (Å²) in [5, 5.41) is 5.07. The van der Waals surface area contributed by atoms with Crippen molar-refractivity contribution >= 4 is 10.9 Å². The fourth-order valence-corrected chi connectivity index (χ4v) is 3.17. The third-order valence-corrected chi connectivity index (χ3v) is 4.52. The summed E-state index contributed by atoms with van der Waals surface area (Å²) in [6.07, 6.45) is 5.85. The van der Waals surface area contributed by atoms with Crippen LogP contribution < -0.4 is 5.32 Å². The Hall–Kier alpha value is -1.41. The first-order valence-corrected chi connectivity index (χ1v) is 7.88. The highest BCUT2D eigenvalue weighted by Gasteiger charge is 2.34. The number of benzene rings is 1. The molecule has 1 fully saturated rings. The lowest BCUT2D eigenvalue weighted by Gasteiger charge is -2.27. The average molecular weight is 268 g/mol. The van der Waals surface area contributed by atoms with E-state index >= 15 is 0 Å². The number of pyridine rings is 1. The van der Waals surface area contributed by atoms with Gasteiger partial charge in [0, 0.05) is 17.6 Å². The quantitative estimate of drug-likeness (QED) is 0.844. The van der Waals surface area contributed by atoms with Gasteiger partial charge >= 0.3 is 0 Å². The van der Waals surface area contributed by atoms with Crippen LogP contribution in [-0.4, -0.2) is 11.5 Å².